The van der Waals surface area contributed by atoms with Gasteiger partial charge >= 0.3 is 0 Å². The minimum absolute atomic E-state index is 0.113. The molecule has 3 heterocycles. The first-order valence-corrected chi connectivity index (χ1v) is 11.8. The number of aryl methyl sites for hydroxylation is 1. The van der Waals surface area contributed by atoms with E-state index in [-0.39, 0.29) is 17.1 Å². The van der Waals surface area contributed by atoms with Gasteiger partial charge in [-0.25, -0.2) is 0 Å². The van der Waals surface area contributed by atoms with Gasteiger partial charge in [-0.1, -0.05) is 49.0 Å². The van der Waals surface area contributed by atoms with Gasteiger partial charge in [0.25, 0.3) is 0 Å². The predicted molar refractivity (Wildman–Crippen MR) is 118 cm³/mol. The van der Waals surface area contributed by atoms with Crippen LogP contribution in [0.5, 0.6) is 0 Å². The number of carbonyl (C=O) groups excluding carboxylic acids is 1. The van der Waals surface area contributed by atoms with Gasteiger partial charge in [-0.2, -0.15) is 0 Å². The maximum Gasteiger partial charge on any atom is 0.192 e. The molecule has 0 N–H and O–H groups in total. The third-order valence-corrected chi connectivity index (χ3v) is 7.11. The highest BCUT2D eigenvalue weighted by Crippen LogP contribution is 2.31. The molecule has 1 aromatic carbocycles. The monoisotopic (exact) mass is 427 g/mol. The lowest BCUT2D eigenvalue weighted by atomic mass is 10.1. The van der Waals surface area contributed by atoms with E-state index in [9.17, 15) is 4.79 Å². The molecule has 0 aliphatic carbocycles. The van der Waals surface area contributed by atoms with E-state index in [1.807, 2.05) is 42.6 Å². The van der Waals surface area contributed by atoms with Crippen LogP contribution in [0, 0.1) is 0 Å². The van der Waals surface area contributed by atoms with Gasteiger partial charge in [-0.15, -0.1) is 21.5 Å². The topological polar surface area (TPSA) is 57.0 Å². The van der Waals surface area contributed by atoms with Crippen molar-refractivity contribution in [3.05, 3.63) is 52.9 Å². The molecule has 1 saturated heterocycles. The standard InChI is InChI=1S/C22H25N3O2S2/c1-3-16-8-10-17(11-9-16)20(26)15(2)29-22-24-23-21(19-7-5-13-28-19)25(22)14-18-6-4-12-27-18/h5,7-11,13,15,18H,3-4,6,12,14H2,1-2H3. The van der Waals surface area contributed by atoms with Crippen molar-refractivity contribution in [1.29, 1.82) is 0 Å². The summed E-state index contributed by atoms with van der Waals surface area (Å²) < 4.78 is 7.97. The van der Waals surface area contributed by atoms with Gasteiger partial charge in [0.1, 0.15) is 0 Å². The Kier molecular flexibility index (Phi) is 6.47. The molecule has 29 heavy (non-hydrogen) atoms. The second-order valence-corrected chi connectivity index (χ2v) is 9.46. The van der Waals surface area contributed by atoms with Crippen LogP contribution in [0.1, 0.15) is 42.6 Å². The lowest BCUT2D eigenvalue weighted by molar-refractivity contribution is 0.0953. The van der Waals surface area contributed by atoms with E-state index in [0.29, 0.717) is 6.54 Å². The maximum atomic E-state index is 12.9. The summed E-state index contributed by atoms with van der Waals surface area (Å²) in [6.07, 6.45) is 3.28. The molecule has 5 nitrogen and oxygen atoms in total. The van der Waals surface area contributed by atoms with E-state index in [4.69, 9.17) is 4.74 Å². The normalized spacial score (nSPS) is 17.5. The van der Waals surface area contributed by atoms with Crippen LogP contribution in [0.4, 0.5) is 0 Å². The third-order valence-electron chi connectivity index (χ3n) is 5.17. The number of nitrogens with zero attached hydrogens (tertiary/aromatic N) is 3. The highest BCUT2D eigenvalue weighted by Gasteiger charge is 2.25. The van der Waals surface area contributed by atoms with E-state index >= 15 is 0 Å². The number of hydrogen-bond acceptors (Lipinski definition) is 6. The summed E-state index contributed by atoms with van der Waals surface area (Å²) >= 11 is 3.12. The van der Waals surface area contributed by atoms with Crippen LogP contribution in [-0.4, -0.2) is 38.5 Å². The molecule has 3 aromatic rings. The van der Waals surface area contributed by atoms with Crippen molar-refractivity contribution in [3.63, 3.8) is 0 Å². The molecule has 0 radical (unpaired) electrons. The second-order valence-electron chi connectivity index (χ2n) is 7.20. The smallest absolute Gasteiger partial charge is 0.192 e. The summed E-state index contributed by atoms with van der Waals surface area (Å²) in [6, 6.07) is 12.0. The van der Waals surface area contributed by atoms with Crippen LogP contribution in [-0.2, 0) is 17.7 Å². The molecule has 2 atom stereocenters. The molecule has 1 aliphatic rings. The first kappa shape index (κ1) is 20.3. The molecule has 0 spiro atoms. The minimum atomic E-state index is -0.244. The van der Waals surface area contributed by atoms with Crippen molar-refractivity contribution in [2.24, 2.45) is 0 Å². The number of thioether (sulfide) groups is 1. The molecule has 0 bridgehead atoms. The summed E-state index contributed by atoms with van der Waals surface area (Å²) in [5, 5.41) is 11.4. The molecule has 7 heteroatoms. The van der Waals surface area contributed by atoms with Crippen LogP contribution in [0.2, 0.25) is 0 Å². The molecule has 4 rings (SSSR count). The molecule has 0 amide bonds. The van der Waals surface area contributed by atoms with Crippen molar-refractivity contribution in [1.82, 2.24) is 14.8 Å². The zero-order valence-electron chi connectivity index (χ0n) is 16.7. The van der Waals surface area contributed by atoms with Gasteiger partial charge in [-0.05, 0) is 43.2 Å². The van der Waals surface area contributed by atoms with Crippen LogP contribution in [0.25, 0.3) is 10.7 Å². The number of thiophene rings is 1. The zero-order chi connectivity index (χ0) is 20.2. The number of Topliss-reactive ketones (excluding diaryl/α,β-unsaturated/α-hetero) is 1. The van der Waals surface area contributed by atoms with Gasteiger partial charge < -0.3 is 4.74 Å². The third kappa shape index (κ3) is 4.63. The second kappa shape index (κ2) is 9.24. The fraction of sp³-hybridized carbons (Fsp3) is 0.409. The Labute approximate surface area is 179 Å². The SMILES string of the molecule is CCc1ccc(C(=O)C(C)Sc2nnc(-c3cccs3)n2CC2CCCO2)cc1. The van der Waals surface area contributed by atoms with E-state index in [1.54, 1.807) is 11.3 Å². The molecule has 2 aromatic heterocycles. The Morgan fingerprint density at radius 3 is 2.79 bits per heavy atom. The van der Waals surface area contributed by atoms with Gasteiger partial charge in [0.15, 0.2) is 16.8 Å². The highest BCUT2D eigenvalue weighted by molar-refractivity contribution is 8.00. The zero-order valence-corrected chi connectivity index (χ0v) is 18.3. The van der Waals surface area contributed by atoms with Gasteiger partial charge in [-0.3, -0.25) is 9.36 Å². The van der Waals surface area contributed by atoms with Crippen molar-refractivity contribution < 1.29 is 9.53 Å². The minimum Gasteiger partial charge on any atom is -0.376 e. The van der Waals surface area contributed by atoms with Crippen molar-refractivity contribution in [2.75, 3.05) is 6.61 Å². The Hall–Kier alpha value is -1.96. The quantitative estimate of drug-likeness (QED) is 0.369. The molecule has 1 aliphatic heterocycles. The van der Waals surface area contributed by atoms with E-state index < -0.39 is 0 Å². The summed E-state index contributed by atoms with van der Waals surface area (Å²) in [5.74, 6) is 0.965. The molecule has 1 fully saturated rings. The maximum absolute atomic E-state index is 12.9. The fourth-order valence-electron chi connectivity index (χ4n) is 3.47. The van der Waals surface area contributed by atoms with E-state index in [2.05, 4.69) is 27.8 Å². The Morgan fingerprint density at radius 2 is 2.14 bits per heavy atom. The average Bonchev–Trinajstić information content (AvgIpc) is 3.51. The van der Waals surface area contributed by atoms with Crippen LogP contribution >= 0.6 is 23.1 Å². The highest BCUT2D eigenvalue weighted by atomic mass is 32.2. The van der Waals surface area contributed by atoms with Crippen LogP contribution in [0.3, 0.4) is 0 Å². The molecular formula is C22H25N3O2S2. The number of benzene rings is 1. The van der Waals surface area contributed by atoms with E-state index in [0.717, 1.165) is 47.3 Å². The summed E-state index contributed by atoms with van der Waals surface area (Å²) in [6.45, 7) is 5.58. The Bertz CT molecular complexity index is 945. The number of hydrogen-bond donors (Lipinski definition) is 0. The molecule has 0 saturated carbocycles. The summed E-state index contributed by atoms with van der Waals surface area (Å²) in [4.78, 5) is 14.0. The van der Waals surface area contributed by atoms with Crippen LogP contribution in [0.15, 0.2) is 46.9 Å². The number of aromatic nitrogens is 3. The lowest BCUT2D eigenvalue weighted by Crippen LogP contribution is -2.19. The Morgan fingerprint density at radius 1 is 1.31 bits per heavy atom. The Balaban J connectivity index is 1.55. The molecule has 2 unspecified atom stereocenters. The first-order valence-electron chi connectivity index (χ1n) is 10.0. The first-order chi connectivity index (χ1) is 14.2. The van der Waals surface area contributed by atoms with Crippen molar-refractivity contribution in [2.45, 2.75) is 56.2 Å². The van der Waals surface area contributed by atoms with Gasteiger partial charge in [0.05, 0.1) is 22.8 Å². The largest absolute Gasteiger partial charge is 0.376 e. The number of rotatable bonds is 8. The van der Waals surface area contributed by atoms with Gasteiger partial charge in [0.2, 0.25) is 0 Å². The lowest BCUT2D eigenvalue weighted by Gasteiger charge is -2.16. The van der Waals surface area contributed by atoms with Crippen molar-refractivity contribution in [3.8, 4) is 10.7 Å². The molecular weight excluding hydrogens is 402 g/mol. The number of ketones is 1. The summed E-state index contributed by atoms with van der Waals surface area (Å²) in [7, 11) is 0. The van der Waals surface area contributed by atoms with E-state index in [1.165, 1.54) is 17.3 Å². The molecule has 152 valence electrons. The van der Waals surface area contributed by atoms with Gasteiger partial charge in [0, 0.05) is 12.2 Å². The van der Waals surface area contributed by atoms with Crippen molar-refractivity contribution >= 4 is 28.9 Å². The predicted octanol–water partition coefficient (Wildman–Crippen LogP) is 5.11. The summed E-state index contributed by atoms with van der Waals surface area (Å²) in [5.41, 5.74) is 1.98. The van der Waals surface area contributed by atoms with Crippen LogP contribution < -0.4 is 0 Å². The number of ether oxygens (including phenoxy) is 1. The number of carbonyl (C=O) groups is 1. The average molecular weight is 428 g/mol. The fourth-order valence-corrected chi connectivity index (χ4v) is 5.12.